The van der Waals surface area contributed by atoms with E-state index in [1.165, 1.54) is 4.90 Å². The first-order valence-electron chi connectivity index (χ1n) is 9.31. The van der Waals surface area contributed by atoms with Crippen LogP contribution < -0.4 is 0 Å². The molecule has 0 radical (unpaired) electrons. The first kappa shape index (κ1) is 19.5. The van der Waals surface area contributed by atoms with E-state index in [0.29, 0.717) is 41.1 Å². The second-order valence-corrected chi connectivity index (χ2v) is 6.60. The van der Waals surface area contributed by atoms with Crippen LogP contribution in [0.1, 0.15) is 29.9 Å². The van der Waals surface area contributed by atoms with Crippen molar-refractivity contribution in [2.45, 2.75) is 20.8 Å². The van der Waals surface area contributed by atoms with Gasteiger partial charge in [-0.15, -0.1) is 0 Å². The zero-order chi connectivity index (χ0) is 20.3. The SMILES string of the molecule is CCN(CC)C(=O)CN(C)C(=O)c1cc(-c2ccccc2)nc2onc(C)c12. The molecule has 0 aliphatic heterocycles. The fourth-order valence-corrected chi connectivity index (χ4v) is 3.18. The molecule has 0 aliphatic rings. The van der Waals surface area contributed by atoms with Gasteiger partial charge in [-0.25, -0.2) is 4.98 Å². The Kier molecular flexibility index (Phi) is 5.73. The number of pyridine rings is 1. The fraction of sp³-hybridized carbons (Fsp3) is 0.333. The van der Waals surface area contributed by atoms with Gasteiger partial charge in [-0.05, 0) is 26.8 Å². The number of fused-ring (bicyclic) bond motifs is 1. The van der Waals surface area contributed by atoms with Crippen LogP contribution in [0.3, 0.4) is 0 Å². The van der Waals surface area contributed by atoms with Crippen LogP contribution in [0.15, 0.2) is 40.9 Å². The number of nitrogens with zero attached hydrogens (tertiary/aromatic N) is 4. The number of carbonyl (C=O) groups excluding carboxylic acids is 2. The number of hydrogen-bond acceptors (Lipinski definition) is 5. The summed E-state index contributed by atoms with van der Waals surface area (Å²) in [5.41, 5.74) is 2.82. The number of benzene rings is 1. The molecule has 0 bridgehead atoms. The summed E-state index contributed by atoms with van der Waals surface area (Å²) in [6.45, 7) is 6.84. The standard InChI is InChI=1S/C21H24N4O3/c1-5-25(6-2)18(26)13-24(4)21(27)16-12-17(15-10-8-7-9-11-15)22-20-19(16)14(3)23-28-20/h7-12H,5-6,13H2,1-4H3. The quantitative estimate of drug-likeness (QED) is 0.656. The molecule has 2 amide bonds. The van der Waals surface area contributed by atoms with Gasteiger partial charge in [0.15, 0.2) is 0 Å². The lowest BCUT2D eigenvalue weighted by atomic mass is 10.0. The van der Waals surface area contributed by atoms with E-state index in [0.717, 1.165) is 5.56 Å². The normalized spacial score (nSPS) is 10.9. The molecule has 2 aromatic heterocycles. The van der Waals surface area contributed by atoms with Crippen LogP contribution in [0.2, 0.25) is 0 Å². The second kappa shape index (κ2) is 8.21. The van der Waals surface area contributed by atoms with Crippen molar-refractivity contribution in [2.75, 3.05) is 26.7 Å². The fourth-order valence-electron chi connectivity index (χ4n) is 3.18. The molecule has 0 saturated carbocycles. The van der Waals surface area contributed by atoms with Crippen molar-refractivity contribution in [2.24, 2.45) is 0 Å². The lowest BCUT2D eigenvalue weighted by Crippen LogP contribution is -2.41. The number of amides is 2. The van der Waals surface area contributed by atoms with E-state index in [2.05, 4.69) is 10.1 Å². The molecule has 7 heteroatoms. The van der Waals surface area contributed by atoms with Gasteiger partial charge in [0, 0.05) is 25.7 Å². The van der Waals surface area contributed by atoms with E-state index in [9.17, 15) is 9.59 Å². The van der Waals surface area contributed by atoms with Gasteiger partial charge in [-0.2, -0.15) is 0 Å². The van der Waals surface area contributed by atoms with Crippen LogP contribution >= 0.6 is 0 Å². The van der Waals surface area contributed by atoms with Gasteiger partial charge in [-0.1, -0.05) is 35.5 Å². The van der Waals surface area contributed by atoms with Gasteiger partial charge in [0.1, 0.15) is 0 Å². The van der Waals surface area contributed by atoms with Gasteiger partial charge in [0.05, 0.1) is 28.9 Å². The van der Waals surface area contributed by atoms with Crippen molar-refractivity contribution in [3.8, 4) is 11.3 Å². The predicted octanol–water partition coefficient (Wildman–Crippen LogP) is 3.14. The first-order chi connectivity index (χ1) is 13.5. The Bertz CT molecular complexity index is 994. The maximum Gasteiger partial charge on any atom is 0.259 e. The highest BCUT2D eigenvalue weighted by molar-refractivity contribution is 6.07. The molecule has 0 N–H and O–H groups in total. The highest BCUT2D eigenvalue weighted by Crippen LogP contribution is 2.27. The number of carbonyl (C=O) groups is 2. The van der Waals surface area contributed by atoms with Gasteiger partial charge < -0.3 is 14.3 Å². The van der Waals surface area contributed by atoms with E-state index in [-0.39, 0.29) is 18.4 Å². The van der Waals surface area contributed by atoms with Gasteiger partial charge in [0.2, 0.25) is 5.91 Å². The maximum absolute atomic E-state index is 13.2. The molecule has 3 rings (SSSR count). The van der Waals surface area contributed by atoms with Crippen LogP contribution in [-0.2, 0) is 4.79 Å². The monoisotopic (exact) mass is 380 g/mol. The van der Waals surface area contributed by atoms with Crippen molar-refractivity contribution < 1.29 is 14.1 Å². The van der Waals surface area contributed by atoms with Crippen LogP contribution in [0, 0.1) is 6.92 Å². The average molecular weight is 380 g/mol. The summed E-state index contributed by atoms with van der Waals surface area (Å²) in [7, 11) is 1.63. The van der Waals surface area contributed by atoms with Crippen molar-refractivity contribution >= 4 is 22.9 Å². The third-order valence-electron chi connectivity index (χ3n) is 4.75. The maximum atomic E-state index is 13.2. The Balaban J connectivity index is 2.00. The van der Waals surface area contributed by atoms with Crippen LogP contribution in [0.25, 0.3) is 22.4 Å². The van der Waals surface area contributed by atoms with Crippen LogP contribution in [0.5, 0.6) is 0 Å². The molecule has 0 spiro atoms. The zero-order valence-electron chi connectivity index (χ0n) is 16.6. The topological polar surface area (TPSA) is 79.5 Å². The van der Waals surface area contributed by atoms with Gasteiger partial charge >= 0.3 is 0 Å². The Morgan fingerprint density at radius 1 is 1.11 bits per heavy atom. The van der Waals surface area contributed by atoms with Crippen molar-refractivity contribution in [3.63, 3.8) is 0 Å². The summed E-state index contributed by atoms with van der Waals surface area (Å²) >= 11 is 0. The molecule has 3 aromatic rings. The van der Waals surface area contributed by atoms with Crippen LogP contribution in [-0.4, -0.2) is 58.4 Å². The summed E-state index contributed by atoms with van der Waals surface area (Å²) in [4.78, 5) is 33.2. The molecule has 2 heterocycles. The minimum absolute atomic E-state index is 0.00925. The highest BCUT2D eigenvalue weighted by Gasteiger charge is 2.24. The Morgan fingerprint density at radius 2 is 1.79 bits per heavy atom. The third-order valence-corrected chi connectivity index (χ3v) is 4.75. The molecule has 0 aliphatic carbocycles. The van der Waals surface area contributed by atoms with Crippen molar-refractivity contribution in [1.29, 1.82) is 0 Å². The molecule has 7 nitrogen and oxygen atoms in total. The molecule has 28 heavy (non-hydrogen) atoms. The van der Waals surface area contributed by atoms with Crippen molar-refractivity contribution in [3.05, 3.63) is 47.7 Å². The lowest BCUT2D eigenvalue weighted by molar-refractivity contribution is -0.131. The predicted molar refractivity (Wildman–Crippen MR) is 107 cm³/mol. The molecule has 0 unspecified atom stereocenters. The highest BCUT2D eigenvalue weighted by atomic mass is 16.5. The molecule has 1 aromatic carbocycles. The smallest absolute Gasteiger partial charge is 0.259 e. The molecule has 146 valence electrons. The Morgan fingerprint density at radius 3 is 2.43 bits per heavy atom. The van der Waals surface area contributed by atoms with Crippen molar-refractivity contribution in [1.82, 2.24) is 19.9 Å². The summed E-state index contributed by atoms with van der Waals surface area (Å²) in [5.74, 6) is -0.354. The number of aromatic nitrogens is 2. The zero-order valence-corrected chi connectivity index (χ0v) is 16.6. The number of likely N-dealkylation sites (N-methyl/N-ethyl adjacent to an activating group) is 2. The molecular weight excluding hydrogens is 356 g/mol. The Labute approximate surface area is 163 Å². The van der Waals surface area contributed by atoms with E-state index in [1.54, 1.807) is 24.9 Å². The van der Waals surface area contributed by atoms with E-state index >= 15 is 0 Å². The molecule has 0 fully saturated rings. The van der Waals surface area contributed by atoms with Crippen LogP contribution in [0.4, 0.5) is 0 Å². The summed E-state index contributed by atoms with van der Waals surface area (Å²) in [5, 5.41) is 4.54. The largest absolute Gasteiger partial charge is 0.342 e. The number of rotatable bonds is 6. The van der Waals surface area contributed by atoms with E-state index < -0.39 is 0 Å². The minimum Gasteiger partial charge on any atom is -0.342 e. The molecule has 0 saturated heterocycles. The molecule has 0 atom stereocenters. The first-order valence-corrected chi connectivity index (χ1v) is 9.31. The van der Waals surface area contributed by atoms with E-state index in [1.807, 2.05) is 44.2 Å². The number of aryl methyl sites for hydroxylation is 1. The molecular formula is C21H24N4O3. The van der Waals surface area contributed by atoms with E-state index in [4.69, 9.17) is 4.52 Å². The summed E-state index contributed by atoms with van der Waals surface area (Å²) < 4.78 is 5.33. The van der Waals surface area contributed by atoms with Gasteiger partial charge in [-0.3, -0.25) is 9.59 Å². The van der Waals surface area contributed by atoms with Gasteiger partial charge in [0.25, 0.3) is 11.6 Å². The average Bonchev–Trinajstić information content (AvgIpc) is 3.09. The Hall–Kier alpha value is -3.22. The minimum atomic E-state index is -0.267. The summed E-state index contributed by atoms with van der Waals surface area (Å²) in [6.07, 6.45) is 0. The third kappa shape index (κ3) is 3.74. The number of hydrogen-bond donors (Lipinski definition) is 0. The second-order valence-electron chi connectivity index (χ2n) is 6.60. The summed E-state index contributed by atoms with van der Waals surface area (Å²) in [6, 6.07) is 11.3. The lowest BCUT2D eigenvalue weighted by Gasteiger charge is -2.23.